The van der Waals surface area contributed by atoms with Crippen molar-refractivity contribution in [3.05, 3.63) is 0 Å². The van der Waals surface area contributed by atoms with Crippen molar-refractivity contribution in [3.63, 3.8) is 0 Å². The summed E-state index contributed by atoms with van der Waals surface area (Å²) in [5, 5.41) is 0. The van der Waals surface area contributed by atoms with Crippen LogP contribution in [0.5, 0.6) is 0 Å². The first-order chi connectivity index (χ1) is 5.08. The number of ether oxygens (including phenoxy) is 1. The summed E-state index contributed by atoms with van der Waals surface area (Å²) >= 11 is 0. The molecule has 0 aromatic heterocycles. The Hall–Kier alpha value is 0.210. The lowest BCUT2D eigenvalue weighted by Crippen LogP contribution is -2.41. The van der Waals surface area contributed by atoms with E-state index in [2.05, 4.69) is 13.8 Å². The quantitative estimate of drug-likeness (QED) is 0.685. The maximum atomic E-state index is 5.96. The standard InChI is InChI=1S/C9H17NO.ClH/c1-8(2)7-3-4-9(5-7,6-10)11-8;/h7H,3-6,10H2,1-2H3;1H. The smallest absolute Gasteiger partial charge is 0.0815 e. The largest absolute Gasteiger partial charge is 0.368 e. The maximum Gasteiger partial charge on any atom is 0.0815 e. The van der Waals surface area contributed by atoms with Gasteiger partial charge in [0.15, 0.2) is 0 Å². The molecule has 1 aliphatic heterocycles. The molecule has 2 bridgehead atoms. The molecular formula is C9H18ClNO. The van der Waals surface area contributed by atoms with Crippen LogP contribution < -0.4 is 5.73 Å². The molecule has 0 aromatic rings. The summed E-state index contributed by atoms with van der Waals surface area (Å²) in [4.78, 5) is 0. The fourth-order valence-corrected chi connectivity index (χ4v) is 2.64. The Kier molecular flexibility index (Phi) is 2.45. The van der Waals surface area contributed by atoms with Crippen LogP contribution in [-0.2, 0) is 4.74 Å². The monoisotopic (exact) mass is 191 g/mol. The first kappa shape index (κ1) is 10.3. The zero-order valence-corrected chi connectivity index (χ0v) is 8.62. The van der Waals surface area contributed by atoms with Gasteiger partial charge in [-0.3, -0.25) is 0 Å². The van der Waals surface area contributed by atoms with E-state index in [0.717, 1.165) is 5.92 Å². The van der Waals surface area contributed by atoms with Crippen molar-refractivity contribution in [2.24, 2.45) is 11.7 Å². The first-order valence-electron chi connectivity index (χ1n) is 4.48. The molecule has 1 saturated carbocycles. The molecule has 2 unspecified atom stereocenters. The van der Waals surface area contributed by atoms with E-state index in [1.165, 1.54) is 19.3 Å². The van der Waals surface area contributed by atoms with Crippen molar-refractivity contribution < 1.29 is 4.74 Å². The van der Waals surface area contributed by atoms with Gasteiger partial charge >= 0.3 is 0 Å². The third kappa shape index (κ3) is 1.26. The van der Waals surface area contributed by atoms with Crippen LogP contribution in [0.2, 0.25) is 0 Å². The van der Waals surface area contributed by atoms with Crippen LogP contribution in [0.25, 0.3) is 0 Å². The Morgan fingerprint density at radius 3 is 2.42 bits per heavy atom. The molecule has 12 heavy (non-hydrogen) atoms. The first-order valence-corrected chi connectivity index (χ1v) is 4.48. The second-order valence-corrected chi connectivity index (χ2v) is 4.53. The van der Waals surface area contributed by atoms with Crippen LogP contribution in [0.4, 0.5) is 0 Å². The number of halogens is 1. The lowest BCUT2D eigenvalue weighted by Gasteiger charge is -2.35. The average molecular weight is 192 g/mol. The molecule has 0 spiro atoms. The van der Waals surface area contributed by atoms with E-state index in [0.29, 0.717) is 6.54 Å². The van der Waals surface area contributed by atoms with Gasteiger partial charge in [0.2, 0.25) is 0 Å². The van der Waals surface area contributed by atoms with Gasteiger partial charge in [-0.05, 0) is 39.0 Å². The van der Waals surface area contributed by atoms with E-state index in [9.17, 15) is 0 Å². The van der Waals surface area contributed by atoms with Gasteiger partial charge in [0.25, 0.3) is 0 Å². The second kappa shape index (κ2) is 2.86. The third-order valence-electron chi connectivity index (χ3n) is 3.40. The van der Waals surface area contributed by atoms with E-state index in [1.54, 1.807) is 0 Å². The van der Waals surface area contributed by atoms with Gasteiger partial charge < -0.3 is 10.5 Å². The average Bonchev–Trinajstić information content (AvgIpc) is 2.42. The minimum atomic E-state index is 0. The van der Waals surface area contributed by atoms with Crippen LogP contribution in [0.15, 0.2) is 0 Å². The Labute approximate surface area is 80.3 Å². The van der Waals surface area contributed by atoms with Gasteiger partial charge in [0.05, 0.1) is 11.2 Å². The highest BCUT2D eigenvalue weighted by atomic mass is 35.5. The molecule has 0 amide bonds. The summed E-state index contributed by atoms with van der Waals surface area (Å²) in [5.74, 6) is 0.756. The normalized spacial score (nSPS) is 42.8. The highest BCUT2D eigenvalue weighted by Crippen LogP contribution is 2.52. The molecule has 2 atom stereocenters. The van der Waals surface area contributed by atoms with Crippen molar-refractivity contribution in [2.45, 2.75) is 44.3 Å². The van der Waals surface area contributed by atoms with Crippen molar-refractivity contribution in [2.75, 3.05) is 6.54 Å². The molecular weight excluding hydrogens is 174 g/mol. The summed E-state index contributed by atoms with van der Waals surface area (Å²) in [6.45, 7) is 5.08. The molecule has 72 valence electrons. The number of nitrogens with two attached hydrogens (primary N) is 1. The second-order valence-electron chi connectivity index (χ2n) is 4.53. The molecule has 2 aliphatic rings. The Balaban J connectivity index is 0.000000720. The summed E-state index contributed by atoms with van der Waals surface area (Å²) in [7, 11) is 0. The van der Waals surface area contributed by atoms with E-state index in [4.69, 9.17) is 10.5 Å². The molecule has 2 nitrogen and oxygen atoms in total. The van der Waals surface area contributed by atoms with Crippen molar-refractivity contribution in [1.82, 2.24) is 0 Å². The molecule has 1 saturated heterocycles. The van der Waals surface area contributed by atoms with Gasteiger partial charge in [-0.15, -0.1) is 12.4 Å². The minimum Gasteiger partial charge on any atom is -0.368 e. The Morgan fingerprint density at radius 1 is 1.50 bits per heavy atom. The fourth-order valence-electron chi connectivity index (χ4n) is 2.64. The summed E-state index contributed by atoms with van der Waals surface area (Å²) in [5.41, 5.74) is 5.86. The summed E-state index contributed by atoms with van der Waals surface area (Å²) in [6, 6.07) is 0. The van der Waals surface area contributed by atoms with Gasteiger partial charge in [-0.25, -0.2) is 0 Å². The molecule has 1 heterocycles. The topological polar surface area (TPSA) is 35.2 Å². The van der Waals surface area contributed by atoms with Gasteiger partial charge in [-0.1, -0.05) is 0 Å². The van der Waals surface area contributed by atoms with E-state index >= 15 is 0 Å². The fraction of sp³-hybridized carbons (Fsp3) is 1.00. The lowest BCUT2D eigenvalue weighted by atomic mass is 9.91. The van der Waals surface area contributed by atoms with Crippen LogP contribution in [0.1, 0.15) is 33.1 Å². The predicted octanol–water partition coefficient (Wildman–Crippen LogP) is 1.71. The van der Waals surface area contributed by atoms with Crippen molar-refractivity contribution in [3.8, 4) is 0 Å². The third-order valence-corrected chi connectivity index (χ3v) is 3.40. The summed E-state index contributed by atoms with van der Waals surface area (Å²) < 4.78 is 5.96. The van der Waals surface area contributed by atoms with E-state index in [1.807, 2.05) is 0 Å². The van der Waals surface area contributed by atoms with Crippen molar-refractivity contribution in [1.29, 1.82) is 0 Å². The molecule has 0 aromatic carbocycles. The lowest BCUT2D eigenvalue weighted by molar-refractivity contribution is -0.115. The van der Waals surface area contributed by atoms with Crippen LogP contribution in [-0.4, -0.2) is 17.7 Å². The van der Waals surface area contributed by atoms with E-state index < -0.39 is 0 Å². The SMILES string of the molecule is CC1(C)OC2(CN)CCC1C2.Cl. The van der Waals surface area contributed by atoms with Crippen LogP contribution >= 0.6 is 12.4 Å². The maximum absolute atomic E-state index is 5.96. The van der Waals surface area contributed by atoms with Gasteiger partial charge in [-0.2, -0.15) is 0 Å². The molecule has 3 heteroatoms. The van der Waals surface area contributed by atoms with Crippen LogP contribution in [0, 0.1) is 5.92 Å². The number of hydrogen-bond donors (Lipinski definition) is 1. The highest BCUT2D eigenvalue weighted by Gasteiger charge is 2.54. The van der Waals surface area contributed by atoms with E-state index in [-0.39, 0.29) is 23.6 Å². The molecule has 1 aliphatic carbocycles. The van der Waals surface area contributed by atoms with Crippen molar-refractivity contribution >= 4 is 12.4 Å². The molecule has 2 N–H and O–H groups in total. The minimum absolute atomic E-state index is 0. The highest BCUT2D eigenvalue weighted by molar-refractivity contribution is 5.85. The van der Waals surface area contributed by atoms with Crippen LogP contribution in [0.3, 0.4) is 0 Å². The Bertz CT molecular complexity index is 183. The zero-order chi connectivity index (χ0) is 8.11. The number of rotatable bonds is 1. The number of fused-ring (bicyclic) bond motifs is 2. The van der Waals surface area contributed by atoms with Gasteiger partial charge in [0.1, 0.15) is 0 Å². The molecule has 2 fully saturated rings. The molecule has 0 radical (unpaired) electrons. The van der Waals surface area contributed by atoms with Gasteiger partial charge in [0, 0.05) is 6.54 Å². The Morgan fingerprint density at radius 2 is 2.17 bits per heavy atom. The number of hydrogen-bond acceptors (Lipinski definition) is 2. The summed E-state index contributed by atoms with van der Waals surface area (Å²) in [6.07, 6.45) is 3.68. The predicted molar refractivity (Wildman–Crippen MR) is 51.5 cm³/mol. The zero-order valence-electron chi connectivity index (χ0n) is 7.80. The molecule has 2 rings (SSSR count).